The highest BCUT2D eigenvalue weighted by Crippen LogP contribution is 2.30. The number of alkyl halides is 6. The Balaban J connectivity index is 0.00000183. The van der Waals surface area contributed by atoms with Crippen molar-refractivity contribution >= 4 is 38.0 Å². The van der Waals surface area contributed by atoms with Gasteiger partial charge >= 0.3 is 38.9 Å². The van der Waals surface area contributed by atoms with Gasteiger partial charge in [0.05, 0.1) is 24.2 Å². The third kappa shape index (κ3) is 9.42. The minimum atomic E-state index is -6.09. The molecule has 0 atom stereocenters. The summed E-state index contributed by atoms with van der Waals surface area (Å²) in [5, 5.41) is 0. The van der Waals surface area contributed by atoms with Crippen LogP contribution in [0.15, 0.2) is 0 Å². The molecule has 0 aliphatic heterocycles. The average molecular weight is 661 g/mol. The molecule has 0 aliphatic carbocycles. The summed E-state index contributed by atoms with van der Waals surface area (Å²) < 4.78 is 127. The Kier molecular flexibility index (Phi) is 13.4. The van der Waals surface area contributed by atoms with Crippen LogP contribution in [0.3, 0.4) is 0 Å². The van der Waals surface area contributed by atoms with Gasteiger partial charge in [0, 0.05) is 12.1 Å². The van der Waals surface area contributed by atoms with E-state index in [-0.39, 0.29) is 58.1 Å². The first kappa shape index (κ1) is 39.8. The topological polar surface area (TPSA) is 131 Å². The molecule has 0 fully saturated rings. The van der Waals surface area contributed by atoms with E-state index in [1.54, 1.807) is 65.2 Å². The van der Waals surface area contributed by atoms with Crippen LogP contribution >= 0.6 is 0 Å². The summed E-state index contributed by atoms with van der Waals surface area (Å²) in [5.41, 5.74) is -11.2. The Morgan fingerprint density at radius 3 is 0.976 bits per heavy atom. The van der Waals surface area contributed by atoms with Gasteiger partial charge in [-0.2, -0.15) is 34.8 Å². The molecule has 0 radical (unpaired) electrons. The lowest BCUT2D eigenvalue weighted by Gasteiger charge is -2.35. The predicted molar refractivity (Wildman–Crippen MR) is 147 cm³/mol. The molecule has 0 spiro atoms. The number of anilines is 3. The highest BCUT2D eigenvalue weighted by atomic mass is 32.2. The van der Waals surface area contributed by atoms with Crippen molar-refractivity contribution in [3.8, 4) is 0 Å². The highest BCUT2D eigenvalue weighted by Gasteiger charge is 2.54. The third-order valence-corrected chi connectivity index (χ3v) is 7.57. The SMILES string of the molecule is CC(C)N(c1nc(N(C(C)C)C(C)C)[n+](S(=O)(=O)C(F)(F)F)c(N(C(C)C)C(C)C)n1)C(C)C.O=S(=O)([O-])C(F)(F)F. The van der Waals surface area contributed by atoms with Crippen molar-refractivity contribution in [1.29, 1.82) is 0 Å². The zero-order chi connectivity index (χ0) is 33.9. The van der Waals surface area contributed by atoms with Crippen LogP contribution in [-0.2, 0) is 20.1 Å². The fourth-order valence-electron chi connectivity index (χ4n) is 4.32. The Morgan fingerprint density at radius 2 is 0.810 bits per heavy atom. The van der Waals surface area contributed by atoms with Gasteiger partial charge in [-0.3, -0.25) is 9.80 Å². The number of halogens is 6. The molecule has 42 heavy (non-hydrogen) atoms. The van der Waals surface area contributed by atoms with Crippen LogP contribution in [0.1, 0.15) is 83.1 Å². The standard InChI is InChI=1S/C22H42F3N6O2S.CHF3O3S/c1-13(2)28(14(3)4)19-26-20(29(15(5)6)16(7)8)31(34(32,33)22(23,24)25)21(27-19)30(17(9)10)18(11)12;2-1(3,4)8(5,6)7/h13-18H,1-12H3;(H,5,6,7)/q+1;/p-1. The second-order valence-electron chi connectivity index (χ2n) is 11.0. The molecule has 0 amide bonds. The molecule has 0 aliphatic rings. The fraction of sp³-hybridized carbons (Fsp3) is 0.870. The van der Waals surface area contributed by atoms with E-state index >= 15 is 0 Å². The van der Waals surface area contributed by atoms with Gasteiger partial charge in [-0.1, -0.05) is 13.9 Å². The molecular weight excluding hydrogens is 618 g/mol. The molecule has 1 heterocycles. The second kappa shape index (κ2) is 14.1. The van der Waals surface area contributed by atoms with Crippen molar-refractivity contribution in [2.24, 2.45) is 0 Å². The molecule has 0 unspecified atom stereocenters. The second-order valence-corrected chi connectivity index (χ2v) is 14.2. The van der Waals surface area contributed by atoms with E-state index < -0.39 is 31.2 Å². The van der Waals surface area contributed by atoms with Crippen LogP contribution in [0.5, 0.6) is 0 Å². The van der Waals surface area contributed by atoms with E-state index in [0.29, 0.717) is 0 Å². The van der Waals surface area contributed by atoms with E-state index in [1.807, 2.05) is 32.6 Å². The molecule has 19 heteroatoms. The first-order valence-electron chi connectivity index (χ1n) is 13.0. The zero-order valence-electron chi connectivity index (χ0n) is 25.8. The van der Waals surface area contributed by atoms with Crippen molar-refractivity contribution in [1.82, 2.24) is 9.97 Å². The van der Waals surface area contributed by atoms with E-state index in [1.165, 1.54) is 0 Å². The van der Waals surface area contributed by atoms with Crippen LogP contribution in [0.2, 0.25) is 0 Å². The quantitative estimate of drug-likeness (QED) is 0.154. The van der Waals surface area contributed by atoms with Gasteiger partial charge < -0.3 is 9.45 Å². The number of hydrogen-bond donors (Lipinski definition) is 0. The van der Waals surface area contributed by atoms with Gasteiger partial charge in [-0.05, 0) is 83.1 Å². The van der Waals surface area contributed by atoms with Crippen LogP contribution in [0, 0.1) is 0 Å². The fourth-order valence-corrected chi connectivity index (χ4v) is 5.23. The van der Waals surface area contributed by atoms with Crippen LogP contribution < -0.4 is 18.7 Å². The van der Waals surface area contributed by atoms with Gasteiger partial charge in [0.2, 0.25) is 0 Å². The summed E-state index contributed by atoms with van der Waals surface area (Å²) in [5.74, 6) is -0.430. The molecule has 248 valence electrons. The summed E-state index contributed by atoms with van der Waals surface area (Å²) in [7, 11) is -11.9. The molecule has 1 aromatic heterocycles. The first-order chi connectivity index (χ1) is 18.5. The van der Waals surface area contributed by atoms with Gasteiger partial charge in [0.25, 0.3) is 0 Å². The molecule has 0 bridgehead atoms. The van der Waals surface area contributed by atoms with Crippen LogP contribution in [0.25, 0.3) is 0 Å². The van der Waals surface area contributed by atoms with Gasteiger partial charge in [-0.15, -0.1) is 0 Å². The largest absolute Gasteiger partial charge is 0.741 e. The average Bonchev–Trinajstić information content (AvgIpc) is 2.69. The minimum absolute atomic E-state index is 0.0751. The Hall–Kier alpha value is -2.15. The van der Waals surface area contributed by atoms with Crippen LogP contribution in [-0.4, -0.2) is 78.6 Å². The first-order valence-corrected chi connectivity index (χ1v) is 15.9. The molecule has 1 rings (SSSR count). The molecule has 0 aromatic carbocycles. The Labute approximate surface area is 244 Å². The van der Waals surface area contributed by atoms with Gasteiger partial charge in [0.1, 0.15) is 0 Å². The van der Waals surface area contributed by atoms with Crippen molar-refractivity contribution in [3.63, 3.8) is 0 Å². The molecule has 0 N–H and O–H groups in total. The molecule has 11 nitrogen and oxygen atoms in total. The van der Waals surface area contributed by atoms with Crippen molar-refractivity contribution in [2.45, 2.75) is 130 Å². The smallest absolute Gasteiger partial charge is 0.525 e. The summed E-state index contributed by atoms with van der Waals surface area (Å²) in [6, 6.07) is -1.47. The number of aromatic nitrogens is 3. The van der Waals surface area contributed by atoms with Gasteiger partial charge in [-0.25, -0.2) is 8.42 Å². The lowest BCUT2D eigenvalue weighted by atomic mass is 10.2. The summed E-state index contributed by atoms with van der Waals surface area (Å²) in [4.78, 5) is 14.0. The Bertz CT molecular complexity index is 1190. The zero-order valence-corrected chi connectivity index (χ0v) is 27.4. The number of nitrogens with zero attached hydrogens (tertiary/aromatic N) is 6. The normalized spacial score (nSPS) is 13.4. The lowest BCUT2D eigenvalue weighted by Crippen LogP contribution is -2.61. The summed E-state index contributed by atoms with van der Waals surface area (Å²) in [6.45, 7) is 22.0. The molecule has 0 saturated heterocycles. The van der Waals surface area contributed by atoms with Crippen molar-refractivity contribution in [2.75, 3.05) is 14.7 Å². The van der Waals surface area contributed by atoms with E-state index in [0.717, 1.165) is 0 Å². The number of hydrogen-bond acceptors (Lipinski definition) is 10. The summed E-state index contributed by atoms with van der Waals surface area (Å²) >= 11 is 0. The molecule has 0 saturated carbocycles. The van der Waals surface area contributed by atoms with Crippen molar-refractivity contribution in [3.05, 3.63) is 0 Å². The lowest BCUT2D eigenvalue weighted by molar-refractivity contribution is -0.499. The minimum Gasteiger partial charge on any atom is -0.741 e. The maximum absolute atomic E-state index is 14.0. The van der Waals surface area contributed by atoms with Gasteiger partial charge in [0.15, 0.2) is 10.1 Å². The monoisotopic (exact) mass is 660 g/mol. The van der Waals surface area contributed by atoms with Crippen LogP contribution in [0.4, 0.5) is 44.2 Å². The van der Waals surface area contributed by atoms with E-state index in [4.69, 9.17) is 13.0 Å². The predicted octanol–water partition coefficient (Wildman–Crippen LogP) is 4.38. The summed E-state index contributed by atoms with van der Waals surface area (Å²) in [6.07, 6.45) is 0. The Morgan fingerprint density at radius 1 is 0.571 bits per heavy atom. The molecular formula is C23H42F6N6O5S2. The molecule has 1 aromatic rings. The van der Waals surface area contributed by atoms with Crippen molar-refractivity contribution < 1.29 is 51.7 Å². The van der Waals surface area contributed by atoms with E-state index in [9.17, 15) is 34.8 Å². The third-order valence-electron chi connectivity index (χ3n) is 5.61. The maximum atomic E-state index is 14.0. The number of rotatable bonds is 10. The maximum Gasteiger partial charge on any atom is 0.525 e. The van der Waals surface area contributed by atoms with E-state index in [2.05, 4.69) is 9.97 Å². The highest BCUT2D eigenvalue weighted by molar-refractivity contribution is 7.86.